The Bertz CT molecular complexity index is 844. The van der Waals surface area contributed by atoms with E-state index in [1.54, 1.807) is 12.1 Å². The molecule has 142 valence electrons. The summed E-state index contributed by atoms with van der Waals surface area (Å²) in [6.45, 7) is 0. The zero-order chi connectivity index (χ0) is 19.3. The number of para-hydroxylation sites is 2. The molecule has 0 aromatic heterocycles. The van der Waals surface area contributed by atoms with E-state index in [2.05, 4.69) is 34.9 Å². The van der Waals surface area contributed by atoms with Crippen LogP contribution in [-0.4, -0.2) is 22.3 Å². The van der Waals surface area contributed by atoms with Gasteiger partial charge < -0.3 is 10.2 Å². The molecular formula is C24H24N2O2. The molecule has 4 N–H and O–H groups in total. The van der Waals surface area contributed by atoms with Crippen molar-refractivity contribution in [3.05, 3.63) is 108 Å². The third-order valence-corrected chi connectivity index (χ3v) is 5.12. The third kappa shape index (κ3) is 3.93. The van der Waals surface area contributed by atoms with Gasteiger partial charge in [0.15, 0.2) is 0 Å². The highest BCUT2D eigenvalue weighted by Crippen LogP contribution is 2.38. The number of hydrogen-bond acceptors (Lipinski definition) is 4. The number of nitrogens with one attached hydrogen (secondary N) is 2. The summed E-state index contributed by atoms with van der Waals surface area (Å²) in [4.78, 5) is 0. The van der Waals surface area contributed by atoms with Crippen LogP contribution in [0.2, 0.25) is 0 Å². The SMILES string of the molecule is Oc1ccccc1C(NC1C=CC=C1)C(NC1C=CC=C1)c1ccccc1O. The van der Waals surface area contributed by atoms with Gasteiger partial charge in [-0.15, -0.1) is 0 Å². The lowest BCUT2D eigenvalue weighted by atomic mass is 9.90. The summed E-state index contributed by atoms with van der Waals surface area (Å²) in [5, 5.41) is 28.4. The molecule has 2 aliphatic rings. The highest BCUT2D eigenvalue weighted by molar-refractivity contribution is 5.42. The first-order valence-electron chi connectivity index (χ1n) is 9.50. The number of phenols is 2. The van der Waals surface area contributed by atoms with Crippen molar-refractivity contribution in [2.45, 2.75) is 24.2 Å². The number of hydrogen-bond donors (Lipinski definition) is 4. The van der Waals surface area contributed by atoms with E-state index >= 15 is 0 Å². The summed E-state index contributed by atoms with van der Waals surface area (Å²) in [6, 6.07) is 14.3. The van der Waals surface area contributed by atoms with Crippen molar-refractivity contribution in [1.29, 1.82) is 0 Å². The highest BCUT2D eigenvalue weighted by Gasteiger charge is 2.31. The predicted octanol–water partition coefficient (Wildman–Crippen LogP) is 4.05. The highest BCUT2D eigenvalue weighted by atomic mass is 16.3. The lowest BCUT2D eigenvalue weighted by Crippen LogP contribution is -2.41. The third-order valence-electron chi connectivity index (χ3n) is 5.12. The predicted molar refractivity (Wildman–Crippen MR) is 112 cm³/mol. The van der Waals surface area contributed by atoms with Crippen LogP contribution < -0.4 is 10.6 Å². The molecule has 2 atom stereocenters. The maximum atomic E-state index is 10.6. The van der Waals surface area contributed by atoms with E-state index in [4.69, 9.17) is 0 Å². The molecule has 2 aliphatic carbocycles. The van der Waals surface area contributed by atoms with Crippen LogP contribution in [0.15, 0.2) is 97.1 Å². The standard InChI is InChI=1S/C24H24N2O2/c27-21-15-7-5-13-19(21)23(25-17-9-1-2-10-17)24(26-18-11-3-4-12-18)20-14-6-8-16-22(20)28/h1-18,23-28H. The topological polar surface area (TPSA) is 64.5 Å². The molecule has 4 nitrogen and oxygen atoms in total. The van der Waals surface area contributed by atoms with Crippen molar-refractivity contribution in [2.75, 3.05) is 0 Å². The van der Waals surface area contributed by atoms with Gasteiger partial charge in [-0.3, -0.25) is 10.6 Å². The molecule has 2 unspecified atom stereocenters. The molecule has 0 amide bonds. The quantitative estimate of drug-likeness (QED) is 0.592. The first-order valence-corrected chi connectivity index (χ1v) is 9.50. The van der Waals surface area contributed by atoms with E-state index in [1.165, 1.54) is 0 Å². The fraction of sp³-hybridized carbons (Fsp3) is 0.167. The molecule has 0 saturated heterocycles. The summed E-state index contributed by atoms with van der Waals surface area (Å²) >= 11 is 0. The molecule has 0 fully saturated rings. The summed E-state index contributed by atoms with van der Waals surface area (Å²) in [5.41, 5.74) is 1.56. The van der Waals surface area contributed by atoms with Gasteiger partial charge in [0.05, 0.1) is 12.1 Å². The number of benzene rings is 2. The molecule has 0 radical (unpaired) electrons. The van der Waals surface area contributed by atoms with Crippen molar-refractivity contribution >= 4 is 0 Å². The Morgan fingerprint density at radius 1 is 0.571 bits per heavy atom. The van der Waals surface area contributed by atoms with E-state index in [9.17, 15) is 10.2 Å². The molecule has 0 bridgehead atoms. The monoisotopic (exact) mass is 372 g/mol. The minimum Gasteiger partial charge on any atom is -0.508 e. The smallest absolute Gasteiger partial charge is 0.120 e. The average Bonchev–Trinajstić information content (AvgIpc) is 3.40. The van der Waals surface area contributed by atoms with Gasteiger partial charge in [-0.25, -0.2) is 0 Å². The Hall–Kier alpha value is -3.08. The van der Waals surface area contributed by atoms with Crippen LogP contribution in [0.1, 0.15) is 23.2 Å². The molecule has 2 aromatic rings. The Morgan fingerprint density at radius 2 is 0.929 bits per heavy atom. The summed E-state index contributed by atoms with van der Waals surface area (Å²) in [6.07, 6.45) is 16.3. The summed E-state index contributed by atoms with van der Waals surface area (Å²) in [5.74, 6) is 0.455. The molecule has 0 spiro atoms. The van der Waals surface area contributed by atoms with Gasteiger partial charge in [0, 0.05) is 23.2 Å². The molecule has 0 aliphatic heterocycles. The number of phenolic OH excluding ortho intramolecular Hbond substituents is 2. The minimum atomic E-state index is -0.269. The van der Waals surface area contributed by atoms with Crippen LogP contribution in [0.25, 0.3) is 0 Å². The lowest BCUT2D eigenvalue weighted by molar-refractivity contribution is 0.350. The lowest BCUT2D eigenvalue weighted by Gasteiger charge is -2.33. The maximum absolute atomic E-state index is 10.6. The zero-order valence-corrected chi connectivity index (χ0v) is 15.4. The van der Waals surface area contributed by atoms with E-state index < -0.39 is 0 Å². The second kappa shape index (κ2) is 8.30. The average molecular weight is 372 g/mol. The van der Waals surface area contributed by atoms with E-state index in [0.717, 1.165) is 11.1 Å². The van der Waals surface area contributed by atoms with E-state index in [0.29, 0.717) is 0 Å². The number of rotatable bonds is 7. The van der Waals surface area contributed by atoms with Gasteiger partial charge in [-0.05, 0) is 12.1 Å². The molecule has 2 aromatic carbocycles. The summed E-state index contributed by atoms with van der Waals surface area (Å²) < 4.78 is 0. The Morgan fingerprint density at radius 3 is 1.29 bits per heavy atom. The van der Waals surface area contributed by atoms with Gasteiger partial charge >= 0.3 is 0 Å². The first kappa shape index (κ1) is 18.3. The van der Waals surface area contributed by atoms with E-state index in [1.807, 2.05) is 60.7 Å². The molecule has 28 heavy (non-hydrogen) atoms. The Kier molecular flexibility index (Phi) is 5.42. The maximum Gasteiger partial charge on any atom is 0.120 e. The van der Waals surface area contributed by atoms with Crippen LogP contribution in [-0.2, 0) is 0 Å². The van der Waals surface area contributed by atoms with Gasteiger partial charge in [-0.1, -0.05) is 85.0 Å². The number of aromatic hydroxyl groups is 2. The zero-order valence-electron chi connectivity index (χ0n) is 15.4. The fourth-order valence-electron chi connectivity index (χ4n) is 3.73. The van der Waals surface area contributed by atoms with Crippen molar-refractivity contribution in [2.24, 2.45) is 0 Å². The van der Waals surface area contributed by atoms with Gasteiger partial charge in [0.2, 0.25) is 0 Å². The fourth-order valence-corrected chi connectivity index (χ4v) is 3.73. The van der Waals surface area contributed by atoms with Crippen molar-refractivity contribution in [3.63, 3.8) is 0 Å². The van der Waals surface area contributed by atoms with Crippen LogP contribution in [0.4, 0.5) is 0 Å². The van der Waals surface area contributed by atoms with Crippen LogP contribution in [0.3, 0.4) is 0 Å². The van der Waals surface area contributed by atoms with Gasteiger partial charge in [0.25, 0.3) is 0 Å². The Labute approximate surface area is 165 Å². The van der Waals surface area contributed by atoms with Crippen LogP contribution in [0.5, 0.6) is 11.5 Å². The molecule has 0 heterocycles. The summed E-state index contributed by atoms with van der Waals surface area (Å²) in [7, 11) is 0. The van der Waals surface area contributed by atoms with Crippen molar-refractivity contribution < 1.29 is 10.2 Å². The molecule has 0 saturated carbocycles. The van der Waals surface area contributed by atoms with Crippen LogP contribution >= 0.6 is 0 Å². The van der Waals surface area contributed by atoms with E-state index in [-0.39, 0.29) is 35.7 Å². The van der Waals surface area contributed by atoms with Gasteiger partial charge in [-0.2, -0.15) is 0 Å². The van der Waals surface area contributed by atoms with Gasteiger partial charge in [0.1, 0.15) is 11.5 Å². The Balaban J connectivity index is 1.77. The minimum absolute atomic E-state index is 0.0504. The second-order valence-electron chi connectivity index (χ2n) is 7.00. The van der Waals surface area contributed by atoms with Crippen molar-refractivity contribution in [1.82, 2.24) is 10.6 Å². The van der Waals surface area contributed by atoms with Crippen molar-refractivity contribution in [3.8, 4) is 11.5 Å². The number of allylic oxidation sites excluding steroid dienone is 4. The molecule has 4 rings (SSSR count). The molecule has 4 heteroatoms. The first-order chi connectivity index (χ1) is 13.7. The van der Waals surface area contributed by atoms with Crippen LogP contribution in [0, 0.1) is 0 Å². The normalized spacial score (nSPS) is 18.1. The molecular weight excluding hydrogens is 348 g/mol. The largest absolute Gasteiger partial charge is 0.508 e. The second-order valence-corrected chi connectivity index (χ2v) is 7.00.